The summed E-state index contributed by atoms with van der Waals surface area (Å²) in [6.07, 6.45) is 5.23. The molecular formula is C27H29F2N7O2S. The highest BCUT2D eigenvalue weighted by atomic mass is 32.2. The number of fused-ring (bicyclic) bond motifs is 1. The maximum Gasteiger partial charge on any atom is 0.158 e. The van der Waals surface area contributed by atoms with Gasteiger partial charge in [-0.05, 0) is 48.4 Å². The number of sulfone groups is 1. The van der Waals surface area contributed by atoms with Crippen LogP contribution in [0.2, 0.25) is 0 Å². The van der Waals surface area contributed by atoms with Gasteiger partial charge in [0.25, 0.3) is 0 Å². The molecule has 2 atom stereocenters. The number of aromatic nitrogens is 7. The number of nitrogens with zero attached hydrogens (tertiary/aromatic N) is 7. The molecule has 4 aromatic rings. The van der Waals surface area contributed by atoms with E-state index in [1.165, 1.54) is 35.5 Å². The molecule has 204 valence electrons. The average molecular weight is 554 g/mol. The van der Waals surface area contributed by atoms with E-state index < -0.39 is 26.9 Å². The normalized spacial score (nSPS) is 20.5. The van der Waals surface area contributed by atoms with Gasteiger partial charge < -0.3 is 0 Å². The number of benzene rings is 1. The molecule has 0 amide bonds. The van der Waals surface area contributed by atoms with Crippen molar-refractivity contribution >= 4 is 9.84 Å². The second kappa shape index (κ2) is 9.51. The molecule has 3 aromatic heterocycles. The molecule has 0 saturated carbocycles. The van der Waals surface area contributed by atoms with Crippen LogP contribution >= 0.6 is 0 Å². The molecule has 39 heavy (non-hydrogen) atoms. The van der Waals surface area contributed by atoms with Crippen LogP contribution in [0.1, 0.15) is 62.9 Å². The van der Waals surface area contributed by atoms with Gasteiger partial charge >= 0.3 is 0 Å². The zero-order valence-corrected chi connectivity index (χ0v) is 23.2. The lowest BCUT2D eigenvalue weighted by atomic mass is 9.55. The van der Waals surface area contributed by atoms with Gasteiger partial charge in [-0.2, -0.15) is 5.10 Å². The van der Waals surface area contributed by atoms with Crippen molar-refractivity contribution in [1.29, 1.82) is 0 Å². The maximum absolute atomic E-state index is 14.5. The third-order valence-electron chi connectivity index (χ3n) is 7.78. The summed E-state index contributed by atoms with van der Waals surface area (Å²) in [7, 11) is -3.15. The summed E-state index contributed by atoms with van der Waals surface area (Å²) in [5, 5.41) is 13.2. The molecule has 0 saturated heterocycles. The molecule has 1 aliphatic rings. The van der Waals surface area contributed by atoms with Crippen molar-refractivity contribution in [2.45, 2.75) is 51.9 Å². The van der Waals surface area contributed by atoms with Crippen LogP contribution in [0.5, 0.6) is 0 Å². The summed E-state index contributed by atoms with van der Waals surface area (Å²) >= 11 is 0. The van der Waals surface area contributed by atoms with Gasteiger partial charge in [0.15, 0.2) is 11.6 Å². The highest BCUT2D eigenvalue weighted by molar-refractivity contribution is 7.90. The second-order valence-electron chi connectivity index (χ2n) is 11.0. The van der Waals surface area contributed by atoms with Crippen LogP contribution in [0.25, 0.3) is 17.1 Å². The van der Waals surface area contributed by atoms with Crippen LogP contribution in [0.15, 0.2) is 42.9 Å². The minimum atomic E-state index is -3.15. The van der Waals surface area contributed by atoms with Gasteiger partial charge in [-0.1, -0.05) is 26.8 Å². The fourth-order valence-electron chi connectivity index (χ4n) is 5.36. The number of rotatable bonds is 6. The molecule has 0 aliphatic heterocycles. The molecule has 0 unspecified atom stereocenters. The lowest BCUT2D eigenvalue weighted by Gasteiger charge is -2.48. The average Bonchev–Trinajstić information content (AvgIpc) is 3.35. The predicted octanol–water partition coefficient (Wildman–Crippen LogP) is 4.22. The van der Waals surface area contributed by atoms with Crippen molar-refractivity contribution < 1.29 is 17.2 Å². The molecule has 9 nitrogen and oxygen atoms in total. The summed E-state index contributed by atoms with van der Waals surface area (Å²) in [5.41, 5.74) is 0.253. The van der Waals surface area contributed by atoms with Crippen LogP contribution < -0.4 is 0 Å². The summed E-state index contributed by atoms with van der Waals surface area (Å²) < 4.78 is 53.6. The van der Waals surface area contributed by atoms with Gasteiger partial charge in [0.1, 0.15) is 33.6 Å². The van der Waals surface area contributed by atoms with Gasteiger partial charge in [-0.15, -0.1) is 10.2 Å². The number of aryl methyl sites for hydroxylation is 1. The van der Waals surface area contributed by atoms with E-state index in [1.807, 2.05) is 6.92 Å². The van der Waals surface area contributed by atoms with Gasteiger partial charge in [0, 0.05) is 24.9 Å². The van der Waals surface area contributed by atoms with E-state index in [-0.39, 0.29) is 34.8 Å². The topological polar surface area (TPSA) is 116 Å². The van der Waals surface area contributed by atoms with E-state index >= 15 is 0 Å². The van der Waals surface area contributed by atoms with Crippen molar-refractivity contribution in [3.8, 4) is 17.1 Å². The van der Waals surface area contributed by atoms with E-state index in [0.717, 1.165) is 12.0 Å². The Hall–Kier alpha value is -3.67. The quantitative estimate of drug-likeness (QED) is 0.349. The van der Waals surface area contributed by atoms with Gasteiger partial charge in [0.05, 0.1) is 28.1 Å². The maximum atomic E-state index is 14.5. The standard InChI is InChI=1S/C27H29F2N7O2S/c1-16-14-26(2,3)27(4,24-17(16)13-20(33-34-24)23-18(28)7-6-8-19(23)29)25-30-11-9-22(32-25)36-15-31-21(35-36)10-12-39(5,37)38/h6-9,11,13,15-16H,10,12,14H2,1-5H3/t16-,27-/m1/s1. The Bertz CT molecular complexity index is 1650. The third kappa shape index (κ3) is 4.81. The Balaban J connectivity index is 1.58. The number of hydrogen-bond donors (Lipinski definition) is 0. The highest BCUT2D eigenvalue weighted by Crippen LogP contribution is 2.55. The lowest BCUT2D eigenvalue weighted by molar-refractivity contribution is 0.154. The van der Waals surface area contributed by atoms with Crippen LogP contribution in [0.4, 0.5) is 8.78 Å². The third-order valence-corrected chi connectivity index (χ3v) is 8.72. The first-order valence-corrected chi connectivity index (χ1v) is 14.6. The minimum Gasteiger partial charge on any atom is -0.240 e. The lowest BCUT2D eigenvalue weighted by Crippen LogP contribution is -2.47. The van der Waals surface area contributed by atoms with E-state index in [4.69, 9.17) is 4.98 Å². The Morgan fingerprint density at radius 3 is 2.49 bits per heavy atom. The summed E-state index contributed by atoms with van der Waals surface area (Å²) in [6, 6.07) is 7.13. The summed E-state index contributed by atoms with van der Waals surface area (Å²) in [6.45, 7) is 8.31. The molecule has 0 radical (unpaired) electrons. The molecule has 0 fully saturated rings. The summed E-state index contributed by atoms with van der Waals surface area (Å²) in [4.78, 5) is 13.7. The number of hydrogen-bond acceptors (Lipinski definition) is 8. The molecule has 1 aromatic carbocycles. The Morgan fingerprint density at radius 1 is 1.08 bits per heavy atom. The molecule has 3 heterocycles. The zero-order valence-electron chi connectivity index (χ0n) is 22.4. The molecule has 0 N–H and O–H groups in total. The Kier molecular flexibility index (Phi) is 6.56. The molecule has 0 bridgehead atoms. The van der Waals surface area contributed by atoms with Gasteiger partial charge in [-0.3, -0.25) is 0 Å². The first-order valence-electron chi connectivity index (χ1n) is 12.5. The Labute approximate surface area is 225 Å². The fraction of sp³-hybridized carbons (Fsp3) is 0.407. The van der Waals surface area contributed by atoms with Crippen LogP contribution in [-0.2, 0) is 21.7 Å². The monoisotopic (exact) mass is 553 g/mol. The Morgan fingerprint density at radius 2 is 1.79 bits per heavy atom. The van der Waals surface area contributed by atoms with Crippen molar-refractivity contribution in [1.82, 2.24) is 34.9 Å². The first kappa shape index (κ1) is 26.9. The van der Waals surface area contributed by atoms with Crippen molar-refractivity contribution in [2.24, 2.45) is 5.41 Å². The van der Waals surface area contributed by atoms with Gasteiger partial charge in [-0.25, -0.2) is 36.8 Å². The second-order valence-corrected chi connectivity index (χ2v) is 13.2. The van der Waals surface area contributed by atoms with Crippen molar-refractivity contribution in [3.63, 3.8) is 0 Å². The van der Waals surface area contributed by atoms with E-state index in [9.17, 15) is 17.2 Å². The van der Waals surface area contributed by atoms with E-state index in [2.05, 4.69) is 46.0 Å². The number of halogens is 2. The van der Waals surface area contributed by atoms with E-state index in [1.54, 1.807) is 18.3 Å². The fourth-order valence-corrected chi connectivity index (χ4v) is 5.91. The molecular weight excluding hydrogens is 524 g/mol. The highest BCUT2D eigenvalue weighted by Gasteiger charge is 2.53. The van der Waals surface area contributed by atoms with Crippen molar-refractivity contribution in [2.75, 3.05) is 12.0 Å². The predicted molar refractivity (Wildman–Crippen MR) is 141 cm³/mol. The first-order chi connectivity index (χ1) is 18.3. The molecule has 5 rings (SSSR count). The van der Waals surface area contributed by atoms with Crippen LogP contribution in [-0.4, -0.2) is 55.4 Å². The van der Waals surface area contributed by atoms with Crippen LogP contribution in [0.3, 0.4) is 0 Å². The molecule has 0 spiro atoms. The van der Waals surface area contributed by atoms with E-state index in [0.29, 0.717) is 23.2 Å². The summed E-state index contributed by atoms with van der Waals surface area (Å²) in [5.74, 6) is -0.0549. The molecule has 1 aliphatic carbocycles. The SMILES string of the molecule is C[C@@H]1CC(C)(C)[C@@](C)(c2nccc(-n3cnc(CCS(C)(=O)=O)n3)n2)c2nnc(-c3c(F)cccc3F)cc21. The van der Waals surface area contributed by atoms with Gasteiger partial charge in [0.2, 0.25) is 0 Å². The van der Waals surface area contributed by atoms with Crippen LogP contribution in [0, 0.1) is 17.0 Å². The zero-order chi connectivity index (χ0) is 28.2. The van der Waals surface area contributed by atoms with Crippen molar-refractivity contribution in [3.05, 3.63) is 77.4 Å². The minimum absolute atomic E-state index is 0.0445. The largest absolute Gasteiger partial charge is 0.240 e. The molecule has 12 heteroatoms. The smallest absolute Gasteiger partial charge is 0.158 e.